The highest BCUT2D eigenvalue weighted by Gasteiger charge is 2.41. The van der Waals surface area contributed by atoms with E-state index in [0.717, 1.165) is 12.0 Å². The van der Waals surface area contributed by atoms with Crippen molar-refractivity contribution in [2.45, 2.75) is 50.6 Å². The maximum atomic E-state index is 13.7. The highest BCUT2D eigenvalue weighted by molar-refractivity contribution is 5.92. The van der Waals surface area contributed by atoms with Crippen LogP contribution in [0.4, 0.5) is 10.1 Å². The number of rotatable bonds is 5. The van der Waals surface area contributed by atoms with Gasteiger partial charge in [0, 0.05) is 44.5 Å². The van der Waals surface area contributed by atoms with E-state index in [1.54, 1.807) is 12.1 Å². The summed E-state index contributed by atoms with van der Waals surface area (Å²) in [6.45, 7) is 2.57. The number of nitrogens with zero attached hydrogens (tertiary/aromatic N) is 1. The lowest BCUT2D eigenvalue weighted by Crippen LogP contribution is -2.58. The van der Waals surface area contributed by atoms with E-state index in [1.807, 2.05) is 30.3 Å². The third-order valence-electron chi connectivity index (χ3n) is 8.59. The third-order valence-corrected chi connectivity index (χ3v) is 8.59. The number of halogens is 1. The van der Waals surface area contributed by atoms with Gasteiger partial charge >= 0.3 is 0 Å². The van der Waals surface area contributed by atoms with Crippen molar-refractivity contribution in [3.8, 4) is 0 Å². The second-order valence-electron chi connectivity index (χ2n) is 11.5. The summed E-state index contributed by atoms with van der Waals surface area (Å²) >= 11 is 0. The first-order valence-corrected chi connectivity index (χ1v) is 14.6. The molecule has 0 bridgehead atoms. The van der Waals surface area contributed by atoms with Crippen molar-refractivity contribution in [3.05, 3.63) is 78.1 Å². The Morgan fingerprint density at radius 3 is 2.54 bits per heavy atom. The Bertz CT molecular complexity index is 1230. The number of hydrogen-bond donors (Lipinski definition) is 3. The SMILES string of the molecule is O=C(CN1CC[C@H]2NC(=O)[C@@H](Cc3ccccc3)NC(=O)C3(C/C=C/C[C@H]2C1)CCOCC3)Nc1ccc(F)cc1. The number of carbonyl (C=O) groups is 3. The highest BCUT2D eigenvalue weighted by atomic mass is 19.1. The van der Waals surface area contributed by atoms with Crippen LogP contribution in [0.15, 0.2) is 66.7 Å². The van der Waals surface area contributed by atoms with Crippen LogP contribution in [0.5, 0.6) is 0 Å². The van der Waals surface area contributed by atoms with Crippen LogP contribution in [0.1, 0.15) is 37.7 Å². The molecular weight excluding hydrogens is 523 g/mol. The van der Waals surface area contributed by atoms with Crippen LogP contribution in [0, 0.1) is 17.2 Å². The van der Waals surface area contributed by atoms with Gasteiger partial charge in [0.2, 0.25) is 17.7 Å². The summed E-state index contributed by atoms with van der Waals surface area (Å²) in [5, 5.41) is 9.22. The predicted octanol–water partition coefficient (Wildman–Crippen LogP) is 3.45. The summed E-state index contributed by atoms with van der Waals surface area (Å²) in [4.78, 5) is 42.2. The average Bonchev–Trinajstić information content (AvgIpc) is 2.98. The summed E-state index contributed by atoms with van der Waals surface area (Å²) in [6, 6.07) is 14.7. The lowest BCUT2D eigenvalue weighted by molar-refractivity contribution is -0.140. The van der Waals surface area contributed by atoms with E-state index in [9.17, 15) is 18.8 Å². The number of fused-ring (bicyclic) bond motifs is 1. The molecule has 9 heteroatoms. The van der Waals surface area contributed by atoms with Crippen molar-refractivity contribution in [2.75, 3.05) is 38.2 Å². The molecule has 2 fully saturated rings. The van der Waals surface area contributed by atoms with E-state index in [4.69, 9.17) is 4.74 Å². The molecule has 41 heavy (non-hydrogen) atoms. The van der Waals surface area contributed by atoms with Crippen molar-refractivity contribution < 1.29 is 23.5 Å². The fourth-order valence-corrected chi connectivity index (χ4v) is 6.14. The minimum Gasteiger partial charge on any atom is -0.381 e. The standard InChI is InChI=1S/C32H39FN4O4/c33-25-9-11-26(12-10-25)34-29(38)22-37-17-13-27-24(21-37)8-4-5-14-32(15-18-41-19-16-32)31(40)36-28(30(39)35-27)20-23-6-2-1-3-7-23/h1-7,9-12,24,27-28H,8,13-22H2,(H,34,38)(H,35,39)(H,36,40)/b5-4+/t24-,27+,28+/m0/s1. The van der Waals surface area contributed by atoms with Crippen LogP contribution in [0.25, 0.3) is 0 Å². The van der Waals surface area contributed by atoms with Gasteiger partial charge in [0.1, 0.15) is 11.9 Å². The van der Waals surface area contributed by atoms with Crippen molar-refractivity contribution in [2.24, 2.45) is 11.3 Å². The summed E-state index contributed by atoms with van der Waals surface area (Å²) in [7, 11) is 0. The second kappa shape index (κ2) is 13.4. The maximum absolute atomic E-state index is 13.7. The lowest BCUT2D eigenvalue weighted by Gasteiger charge is -2.40. The van der Waals surface area contributed by atoms with Gasteiger partial charge in [-0.25, -0.2) is 4.39 Å². The summed E-state index contributed by atoms with van der Waals surface area (Å²) in [6.07, 6.45) is 7.91. The summed E-state index contributed by atoms with van der Waals surface area (Å²) < 4.78 is 18.8. The molecule has 0 unspecified atom stereocenters. The zero-order chi connectivity index (χ0) is 28.7. The van der Waals surface area contributed by atoms with Crippen molar-refractivity contribution in [3.63, 3.8) is 0 Å². The molecule has 0 aromatic heterocycles. The minimum absolute atomic E-state index is 0.0739. The van der Waals surface area contributed by atoms with E-state index in [1.165, 1.54) is 12.1 Å². The quantitative estimate of drug-likeness (QED) is 0.485. The fraction of sp³-hybridized carbons (Fsp3) is 0.469. The van der Waals surface area contributed by atoms with Gasteiger partial charge in [0.25, 0.3) is 0 Å². The van der Waals surface area contributed by atoms with Gasteiger partial charge in [-0.1, -0.05) is 42.5 Å². The molecule has 2 aromatic carbocycles. The molecule has 218 valence electrons. The number of anilines is 1. The van der Waals surface area contributed by atoms with Crippen LogP contribution in [-0.4, -0.2) is 67.6 Å². The van der Waals surface area contributed by atoms with Crippen LogP contribution in [0.3, 0.4) is 0 Å². The Morgan fingerprint density at radius 2 is 1.78 bits per heavy atom. The molecule has 3 atom stereocenters. The topological polar surface area (TPSA) is 99.8 Å². The molecule has 2 aromatic rings. The van der Waals surface area contributed by atoms with E-state index < -0.39 is 11.5 Å². The first-order chi connectivity index (χ1) is 19.9. The first-order valence-electron chi connectivity index (χ1n) is 14.6. The van der Waals surface area contributed by atoms with Crippen LogP contribution in [0.2, 0.25) is 0 Å². The number of likely N-dealkylation sites (tertiary alicyclic amines) is 1. The van der Waals surface area contributed by atoms with Crippen molar-refractivity contribution in [1.82, 2.24) is 15.5 Å². The van der Waals surface area contributed by atoms with Gasteiger partial charge in [-0.05, 0) is 67.9 Å². The fourth-order valence-electron chi connectivity index (χ4n) is 6.14. The molecule has 8 nitrogen and oxygen atoms in total. The van der Waals surface area contributed by atoms with Crippen LogP contribution >= 0.6 is 0 Å². The minimum atomic E-state index is -0.687. The molecule has 0 radical (unpaired) electrons. The molecule has 0 aliphatic carbocycles. The van der Waals surface area contributed by atoms with Crippen LogP contribution in [-0.2, 0) is 25.5 Å². The van der Waals surface area contributed by atoms with E-state index in [-0.39, 0.29) is 42.0 Å². The number of nitrogens with one attached hydrogen (secondary N) is 3. The van der Waals surface area contributed by atoms with E-state index in [2.05, 4.69) is 33.0 Å². The number of carbonyl (C=O) groups excluding carboxylic acids is 3. The molecule has 1 spiro atoms. The average molecular weight is 563 g/mol. The van der Waals surface area contributed by atoms with Gasteiger partial charge in [0.15, 0.2) is 0 Å². The molecule has 0 saturated carbocycles. The Hall–Kier alpha value is -3.56. The predicted molar refractivity (Wildman–Crippen MR) is 154 cm³/mol. The second-order valence-corrected chi connectivity index (χ2v) is 11.5. The van der Waals surface area contributed by atoms with Crippen molar-refractivity contribution in [1.29, 1.82) is 0 Å². The number of ether oxygens (including phenoxy) is 1. The van der Waals surface area contributed by atoms with Gasteiger partial charge < -0.3 is 20.7 Å². The Morgan fingerprint density at radius 1 is 1.02 bits per heavy atom. The maximum Gasteiger partial charge on any atom is 0.243 e. The highest BCUT2D eigenvalue weighted by Crippen LogP contribution is 2.36. The van der Waals surface area contributed by atoms with Gasteiger partial charge in [0.05, 0.1) is 12.0 Å². The molecule has 3 amide bonds. The first kappa shape index (κ1) is 29.0. The summed E-state index contributed by atoms with van der Waals surface area (Å²) in [5.41, 5.74) is 0.945. The largest absolute Gasteiger partial charge is 0.381 e. The molecule has 3 N–H and O–H groups in total. The smallest absolute Gasteiger partial charge is 0.243 e. The van der Waals surface area contributed by atoms with Gasteiger partial charge in [-0.15, -0.1) is 0 Å². The summed E-state index contributed by atoms with van der Waals surface area (Å²) in [5.74, 6) is -0.654. The Labute approximate surface area is 240 Å². The van der Waals surface area contributed by atoms with Gasteiger partial charge in [-0.3, -0.25) is 19.3 Å². The van der Waals surface area contributed by atoms with Crippen molar-refractivity contribution >= 4 is 23.4 Å². The zero-order valence-electron chi connectivity index (χ0n) is 23.3. The van der Waals surface area contributed by atoms with E-state index >= 15 is 0 Å². The number of allylic oxidation sites excluding steroid dienone is 2. The number of benzene rings is 2. The molecule has 5 rings (SSSR count). The van der Waals surface area contributed by atoms with Gasteiger partial charge in [-0.2, -0.15) is 0 Å². The molecular formula is C32H39FN4O4. The normalized spacial score (nSPS) is 26.0. The molecule has 3 heterocycles. The number of piperidine rings is 1. The lowest BCUT2D eigenvalue weighted by atomic mass is 9.75. The van der Waals surface area contributed by atoms with E-state index in [0.29, 0.717) is 64.1 Å². The molecule has 2 saturated heterocycles. The Balaban J connectivity index is 1.31. The Kier molecular flexibility index (Phi) is 9.46. The molecule has 3 aliphatic rings. The third kappa shape index (κ3) is 7.59. The van der Waals surface area contributed by atoms with Crippen LogP contribution < -0.4 is 16.0 Å². The number of hydrogen-bond acceptors (Lipinski definition) is 5. The number of amides is 3. The molecule has 3 aliphatic heterocycles. The monoisotopic (exact) mass is 562 g/mol. The zero-order valence-corrected chi connectivity index (χ0v) is 23.3.